The summed E-state index contributed by atoms with van der Waals surface area (Å²) in [5.74, 6) is 2.41. The Kier molecular flexibility index (Phi) is 5.88. The highest BCUT2D eigenvalue weighted by molar-refractivity contribution is 5.12. The van der Waals surface area contributed by atoms with Gasteiger partial charge in [-0.05, 0) is 67.5 Å². The predicted molar refractivity (Wildman–Crippen MR) is 85.2 cm³/mol. The molecule has 1 aliphatic carbocycles. The van der Waals surface area contributed by atoms with Gasteiger partial charge >= 0.3 is 0 Å². The van der Waals surface area contributed by atoms with Crippen LogP contribution in [-0.2, 0) is 0 Å². The maximum atomic E-state index is 5.69. The van der Waals surface area contributed by atoms with Gasteiger partial charge in [-0.25, -0.2) is 0 Å². The van der Waals surface area contributed by atoms with Crippen molar-refractivity contribution in [3.05, 3.63) is 0 Å². The highest BCUT2D eigenvalue weighted by Crippen LogP contribution is 2.67. The van der Waals surface area contributed by atoms with Gasteiger partial charge in [0.25, 0.3) is 0 Å². The Morgan fingerprint density at radius 3 is 2.05 bits per heavy atom. The molecule has 0 radical (unpaired) electrons. The van der Waals surface area contributed by atoms with Crippen molar-refractivity contribution in [3.63, 3.8) is 0 Å². The third-order valence-electron chi connectivity index (χ3n) is 6.08. The SMILES string of the molecule is CC(C)C(CCN)CCCNCC1C(C)(C)C1(C)C. The molecule has 0 bridgehead atoms. The van der Waals surface area contributed by atoms with Crippen LogP contribution < -0.4 is 11.1 Å². The van der Waals surface area contributed by atoms with Gasteiger partial charge in [-0.1, -0.05) is 41.5 Å². The van der Waals surface area contributed by atoms with Crippen LogP contribution >= 0.6 is 0 Å². The average molecular weight is 268 g/mol. The first kappa shape index (κ1) is 17.0. The van der Waals surface area contributed by atoms with Crippen LogP contribution in [0.3, 0.4) is 0 Å². The van der Waals surface area contributed by atoms with Gasteiger partial charge in [-0.2, -0.15) is 0 Å². The number of hydrogen-bond donors (Lipinski definition) is 2. The van der Waals surface area contributed by atoms with Gasteiger partial charge in [0.05, 0.1) is 0 Å². The molecule has 1 fully saturated rings. The second-order valence-corrected chi connectivity index (χ2v) is 7.92. The lowest BCUT2D eigenvalue weighted by molar-refractivity contribution is 0.330. The van der Waals surface area contributed by atoms with Crippen molar-refractivity contribution in [2.45, 2.75) is 60.8 Å². The van der Waals surface area contributed by atoms with Gasteiger partial charge in [0.2, 0.25) is 0 Å². The average Bonchev–Trinajstić information content (AvgIpc) is 2.68. The molecular weight excluding hydrogens is 232 g/mol. The lowest BCUT2D eigenvalue weighted by Gasteiger charge is -2.20. The second kappa shape index (κ2) is 6.58. The molecule has 0 heterocycles. The Morgan fingerprint density at radius 1 is 1.05 bits per heavy atom. The van der Waals surface area contributed by atoms with Gasteiger partial charge in [-0.3, -0.25) is 0 Å². The number of nitrogens with two attached hydrogens (primary N) is 1. The standard InChI is InChI=1S/C17H36N2/c1-13(2)14(9-10-18)8-7-11-19-12-15-16(3,4)17(15,5)6/h13-15,19H,7-12,18H2,1-6H3. The first-order valence-electron chi connectivity index (χ1n) is 8.16. The first-order valence-corrected chi connectivity index (χ1v) is 8.16. The van der Waals surface area contributed by atoms with E-state index in [0.29, 0.717) is 10.8 Å². The van der Waals surface area contributed by atoms with Crippen molar-refractivity contribution >= 4 is 0 Å². The van der Waals surface area contributed by atoms with E-state index in [2.05, 4.69) is 46.9 Å². The summed E-state index contributed by atoms with van der Waals surface area (Å²) in [7, 11) is 0. The smallest absolute Gasteiger partial charge is 0.000989 e. The van der Waals surface area contributed by atoms with E-state index in [4.69, 9.17) is 5.73 Å². The van der Waals surface area contributed by atoms with Crippen LogP contribution in [0.2, 0.25) is 0 Å². The Bertz CT molecular complexity index is 254. The second-order valence-electron chi connectivity index (χ2n) is 7.92. The van der Waals surface area contributed by atoms with Crippen LogP contribution in [0.5, 0.6) is 0 Å². The van der Waals surface area contributed by atoms with E-state index in [1.54, 1.807) is 0 Å². The normalized spacial score (nSPS) is 22.7. The van der Waals surface area contributed by atoms with Crippen molar-refractivity contribution in [2.24, 2.45) is 34.3 Å². The molecule has 0 aromatic heterocycles. The Morgan fingerprint density at radius 2 is 1.63 bits per heavy atom. The minimum atomic E-state index is 0.514. The summed E-state index contributed by atoms with van der Waals surface area (Å²) in [4.78, 5) is 0. The predicted octanol–water partition coefficient (Wildman–Crippen LogP) is 3.66. The Hall–Kier alpha value is -0.0800. The molecule has 3 N–H and O–H groups in total. The molecule has 2 heteroatoms. The van der Waals surface area contributed by atoms with Crippen molar-refractivity contribution in [3.8, 4) is 0 Å². The van der Waals surface area contributed by atoms with E-state index in [9.17, 15) is 0 Å². The summed E-state index contributed by atoms with van der Waals surface area (Å²) in [5.41, 5.74) is 6.72. The molecule has 0 aromatic rings. The first-order chi connectivity index (χ1) is 8.75. The Labute approximate surface area is 120 Å². The minimum absolute atomic E-state index is 0.514. The van der Waals surface area contributed by atoms with E-state index in [1.807, 2.05) is 0 Å². The zero-order valence-corrected chi connectivity index (χ0v) is 14.1. The molecule has 0 saturated heterocycles. The van der Waals surface area contributed by atoms with Crippen LogP contribution in [0.1, 0.15) is 60.8 Å². The fourth-order valence-electron chi connectivity index (χ4n) is 3.60. The molecule has 0 aromatic carbocycles. The summed E-state index contributed by atoms with van der Waals surface area (Å²) in [6.07, 6.45) is 3.79. The summed E-state index contributed by atoms with van der Waals surface area (Å²) in [5, 5.41) is 3.66. The van der Waals surface area contributed by atoms with Crippen molar-refractivity contribution in [1.29, 1.82) is 0 Å². The monoisotopic (exact) mass is 268 g/mol. The van der Waals surface area contributed by atoms with Crippen LogP contribution in [0.25, 0.3) is 0 Å². The van der Waals surface area contributed by atoms with Crippen molar-refractivity contribution in [2.75, 3.05) is 19.6 Å². The van der Waals surface area contributed by atoms with Gasteiger partial charge in [0, 0.05) is 0 Å². The van der Waals surface area contributed by atoms with E-state index in [-0.39, 0.29) is 0 Å². The zero-order valence-electron chi connectivity index (χ0n) is 14.1. The summed E-state index contributed by atoms with van der Waals surface area (Å²) < 4.78 is 0. The third-order valence-corrected chi connectivity index (χ3v) is 6.08. The maximum Gasteiger partial charge on any atom is -0.000989 e. The number of hydrogen-bond acceptors (Lipinski definition) is 2. The molecule has 1 aliphatic rings. The van der Waals surface area contributed by atoms with Crippen LogP contribution in [0.15, 0.2) is 0 Å². The Balaban J connectivity index is 2.12. The van der Waals surface area contributed by atoms with Crippen molar-refractivity contribution in [1.82, 2.24) is 5.32 Å². The molecule has 1 rings (SSSR count). The highest BCUT2D eigenvalue weighted by Gasteiger charge is 2.63. The third kappa shape index (κ3) is 3.95. The summed E-state index contributed by atoms with van der Waals surface area (Å²) >= 11 is 0. The molecule has 0 spiro atoms. The van der Waals surface area contributed by atoms with E-state index < -0.39 is 0 Å². The van der Waals surface area contributed by atoms with Gasteiger partial charge in [-0.15, -0.1) is 0 Å². The maximum absolute atomic E-state index is 5.69. The molecule has 0 amide bonds. The minimum Gasteiger partial charge on any atom is -0.330 e. The fourth-order valence-corrected chi connectivity index (χ4v) is 3.60. The van der Waals surface area contributed by atoms with Crippen molar-refractivity contribution < 1.29 is 0 Å². The number of nitrogens with one attached hydrogen (secondary N) is 1. The van der Waals surface area contributed by atoms with Gasteiger partial charge in [0.15, 0.2) is 0 Å². The molecule has 1 atom stereocenters. The molecular formula is C17H36N2. The van der Waals surface area contributed by atoms with Gasteiger partial charge < -0.3 is 11.1 Å². The van der Waals surface area contributed by atoms with E-state index >= 15 is 0 Å². The van der Waals surface area contributed by atoms with Crippen LogP contribution in [-0.4, -0.2) is 19.6 Å². The van der Waals surface area contributed by atoms with Crippen LogP contribution in [0.4, 0.5) is 0 Å². The molecule has 19 heavy (non-hydrogen) atoms. The molecule has 2 nitrogen and oxygen atoms in total. The van der Waals surface area contributed by atoms with E-state index in [1.165, 1.54) is 25.8 Å². The van der Waals surface area contributed by atoms with Gasteiger partial charge in [0.1, 0.15) is 0 Å². The zero-order chi connectivity index (χ0) is 14.7. The van der Waals surface area contributed by atoms with E-state index in [0.717, 1.165) is 30.8 Å². The van der Waals surface area contributed by atoms with Crippen LogP contribution in [0, 0.1) is 28.6 Å². The molecule has 114 valence electrons. The number of rotatable bonds is 9. The lowest BCUT2D eigenvalue weighted by Crippen LogP contribution is -2.22. The summed E-state index contributed by atoms with van der Waals surface area (Å²) in [6, 6.07) is 0. The fraction of sp³-hybridized carbons (Fsp3) is 1.00. The largest absolute Gasteiger partial charge is 0.330 e. The summed E-state index contributed by atoms with van der Waals surface area (Å²) in [6.45, 7) is 17.4. The topological polar surface area (TPSA) is 38.0 Å². The lowest BCUT2D eigenvalue weighted by atomic mass is 9.88. The quantitative estimate of drug-likeness (QED) is 0.626. The highest BCUT2D eigenvalue weighted by atomic mass is 14.9. The molecule has 1 saturated carbocycles. The molecule has 0 aliphatic heterocycles. The molecule has 1 unspecified atom stereocenters.